The first-order valence-corrected chi connectivity index (χ1v) is 6.35. The Kier molecular flexibility index (Phi) is 4.43. The molecule has 0 spiro atoms. The van der Waals surface area contributed by atoms with Crippen molar-refractivity contribution in [1.82, 2.24) is 19.3 Å². The van der Waals surface area contributed by atoms with Gasteiger partial charge in [-0.3, -0.25) is 14.8 Å². The van der Waals surface area contributed by atoms with Gasteiger partial charge < -0.3 is 9.67 Å². The molecule has 0 bridgehead atoms. The van der Waals surface area contributed by atoms with E-state index in [0.29, 0.717) is 23.4 Å². The number of fused-ring (bicyclic) bond motifs is 1. The van der Waals surface area contributed by atoms with Crippen LogP contribution in [-0.4, -0.2) is 36.0 Å². The average molecular weight is 324 g/mol. The standard InChI is InChI=1S/C13H13N5O3.ClH/c1-16-5-4-14-13(16)12-10-8-9(18(20)21)2-3-11(10)17(15-12)6-7-19;/h2-5,8,19H,6-7H2,1H3;1H. The summed E-state index contributed by atoms with van der Waals surface area (Å²) in [5.41, 5.74) is 1.30. The number of rotatable bonds is 4. The monoisotopic (exact) mass is 323 g/mol. The van der Waals surface area contributed by atoms with Crippen LogP contribution in [0.1, 0.15) is 0 Å². The van der Waals surface area contributed by atoms with E-state index >= 15 is 0 Å². The summed E-state index contributed by atoms with van der Waals surface area (Å²) in [5, 5.41) is 25.2. The Bertz CT molecular complexity index is 826. The van der Waals surface area contributed by atoms with Gasteiger partial charge in [-0.1, -0.05) is 0 Å². The number of benzene rings is 1. The van der Waals surface area contributed by atoms with Gasteiger partial charge in [-0.2, -0.15) is 5.10 Å². The van der Waals surface area contributed by atoms with E-state index in [1.807, 2.05) is 7.05 Å². The Labute approximate surface area is 131 Å². The highest BCUT2D eigenvalue weighted by atomic mass is 35.5. The van der Waals surface area contributed by atoms with Gasteiger partial charge >= 0.3 is 0 Å². The van der Waals surface area contributed by atoms with Crippen LogP contribution in [0, 0.1) is 10.1 Å². The molecule has 116 valence electrons. The predicted molar refractivity (Wildman–Crippen MR) is 82.9 cm³/mol. The molecule has 3 aromatic rings. The van der Waals surface area contributed by atoms with Gasteiger partial charge in [-0.25, -0.2) is 4.98 Å². The lowest BCUT2D eigenvalue weighted by atomic mass is 10.2. The zero-order valence-corrected chi connectivity index (χ0v) is 12.5. The lowest BCUT2D eigenvalue weighted by Crippen LogP contribution is -2.04. The lowest BCUT2D eigenvalue weighted by Gasteiger charge is -1.99. The summed E-state index contributed by atoms with van der Waals surface area (Å²) in [7, 11) is 1.83. The fourth-order valence-electron chi connectivity index (χ4n) is 2.30. The van der Waals surface area contributed by atoms with Crippen molar-refractivity contribution in [2.45, 2.75) is 6.54 Å². The summed E-state index contributed by atoms with van der Waals surface area (Å²) in [6.07, 6.45) is 3.42. The summed E-state index contributed by atoms with van der Waals surface area (Å²) < 4.78 is 3.42. The number of halogens is 1. The molecule has 8 nitrogen and oxygen atoms in total. The molecule has 0 fully saturated rings. The minimum Gasteiger partial charge on any atom is -0.394 e. The number of aryl methyl sites for hydroxylation is 1. The fraction of sp³-hybridized carbons (Fsp3) is 0.231. The van der Waals surface area contributed by atoms with E-state index in [0.717, 1.165) is 5.52 Å². The molecule has 0 aliphatic carbocycles. The molecular formula is C13H14ClN5O3. The Morgan fingerprint density at radius 1 is 1.41 bits per heavy atom. The molecule has 0 aliphatic heterocycles. The first kappa shape index (κ1) is 15.9. The Balaban J connectivity index is 0.00000176. The van der Waals surface area contributed by atoms with E-state index in [-0.39, 0.29) is 24.7 Å². The molecule has 0 unspecified atom stereocenters. The van der Waals surface area contributed by atoms with Crippen molar-refractivity contribution in [3.05, 3.63) is 40.7 Å². The van der Waals surface area contributed by atoms with Crippen molar-refractivity contribution >= 4 is 29.0 Å². The molecule has 1 N–H and O–H groups in total. The van der Waals surface area contributed by atoms with Gasteiger partial charge in [0.25, 0.3) is 5.69 Å². The van der Waals surface area contributed by atoms with Gasteiger partial charge in [0.15, 0.2) is 5.82 Å². The summed E-state index contributed by atoms with van der Waals surface area (Å²) in [5.74, 6) is 0.622. The molecular weight excluding hydrogens is 310 g/mol. The van der Waals surface area contributed by atoms with E-state index in [4.69, 9.17) is 5.11 Å². The van der Waals surface area contributed by atoms with Crippen LogP contribution in [0.4, 0.5) is 5.69 Å². The maximum Gasteiger partial charge on any atom is 0.270 e. The van der Waals surface area contributed by atoms with Gasteiger partial charge in [0, 0.05) is 37.0 Å². The van der Waals surface area contributed by atoms with Gasteiger partial charge in [0.05, 0.1) is 23.6 Å². The second-order valence-electron chi connectivity index (χ2n) is 4.62. The number of hydrogen-bond acceptors (Lipinski definition) is 5. The van der Waals surface area contributed by atoms with Crippen molar-refractivity contribution in [3.63, 3.8) is 0 Å². The number of non-ortho nitro benzene ring substituents is 1. The molecule has 3 rings (SSSR count). The molecule has 2 heterocycles. The number of aliphatic hydroxyl groups is 1. The van der Waals surface area contributed by atoms with Gasteiger partial charge in [-0.15, -0.1) is 12.4 Å². The van der Waals surface area contributed by atoms with E-state index in [1.165, 1.54) is 12.1 Å². The molecule has 0 aliphatic rings. The van der Waals surface area contributed by atoms with Crippen LogP contribution < -0.4 is 0 Å². The third-order valence-electron chi connectivity index (χ3n) is 3.29. The number of imidazole rings is 1. The maximum atomic E-state index is 11.0. The molecule has 0 radical (unpaired) electrons. The molecule has 0 amide bonds. The molecule has 2 aromatic heterocycles. The predicted octanol–water partition coefficient (Wildman–Crippen LogP) is 1.76. The van der Waals surface area contributed by atoms with Gasteiger partial charge in [-0.05, 0) is 6.07 Å². The third kappa shape index (κ3) is 2.53. The quantitative estimate of drug-likeness (QED) is 0.582. The minimum absolute atomic E-state index is 0. The molecule has 22 heavy (non-hydrogen) atoms. The number of aromatic nitrogens is 4. The zero-order chi connectivity index (χ0) is 15.0. The smallest absolute Gasteiger partial charge is 0.270 e. The fourth-order valence-corrected chi connectivity index (χ4v) is 2.30. The van der Waals surface area contributed by atoms with Crippen LogP contribution in [0.15, 0.2) is 30.6 Å². The normalized spacial score (nSPS) is 10.6. The highest BCUT2D eigenvalue weighted by molar-refractivity contribution is 5.93. The minimum atomic E-state index is -0.439. The van der Waals surface area contributed by atoms with E-state index in [2.05, 4.69) is 10.1 Å². The van der Waals surface area contributed by atoms with Crippen LogP contribution in [0.5, 0.6) is 0 Å². The van der Waals surface area contributed by atoms with Crippen LogP contribution in [-0.2, 0) is 13.6 Å². The largest absolute Gasteiger partial charge is 0.394 e. The number of nitro groups is 1. The molecule has 0 saturated heterocycles. The van der Waals surface area contributed by atoms with E-state index in [1.54, 1.807) is 27.7 Å². The lowest BCUT2D eigenvalue weighted by molar-refractivity contribution is -0.384. The average Bonchev–Trinajstić information content (AvgIpc) is 3.03. The second-order valence-corrected chi connectivity index (χ2v) is 4.62. The number of aliphatic hydroxyl groups excluding tert-OH is 1. The summed E-state index contributed by atoms with van der Waals surface area (Å²) in [6, 6.07) is 4.56. The third-order valence-corrected chi connectivity index (χ3v) is 3.29. The van der Waals surface area contributed by atoms with Crippen LogP contribution in [0.25, 0.3) is 22.4 Å². The molecule has 0 atom stereocenters. The first-order chi connectivity index (χ1) is 10.1. The number of hydrogen-bond donors (Lipinski definition) is 1. The summed E-state index contributed by atoms with van der Waals surface area (Å²) >= 11 is 0. The molecule has 9 heteroatoms. The van der Waals surface area contributed by atoms with Crippen molar-refractivity contribution in [3.8, 4) is 11.5 Å². The van der Waals surface area contributed by atoms with Crippen LogP contribution >= 0.6 is 12.4 Å². The highest BCUT2D eigenvalue weighted by Gasteiger charge is 2.18. The Hall–Kier alpha value is -2.45. The second kappa shape index (κ2) is 6.12. The van der Waals surface area contributed by atoms with E-state index in [9.17, 15) is 10.1 Å². The summed E-state index contributed by atoms with van der Waals surface area (Å²) in [4.78, 5) is 14.8. The van der Waals surface area contributed by atoms with Crippen molar-refractivity contribution in [1.29, 1.82) is 0 Å². The van der Waals surface area contributed by atoms with Gasteiger partial charge in [0.2, 0.25) is 0 Å². The number of nitrogens with zero attached hydrogens (tertiary/aromatic N) is 5. The summed E-state index contributed by atoms with van der Waals surface area (Å²) in [6.45, 7) is 0.256. The van der Waals surface area contributed by atoms with Crippen molar-refractivity contribution < 1.29 is 10.0 Å². The molecule has 1 aromatic carbocycles. The molecule has 0 saturated carbocycles. The topological polar surface area (TPSA) is 99.0 Å². The first-order valence-electron chi connectivity index (χ1n) is 6.35. The number of nitro benzene ring substituents is 1. The highest BCUT2D eigenvalue weighted by Crippen LogP contribution is 2.29. The van der Waals surface area contributed by atoms with Crippen LogP contribution in [0.2, 0.25) is 0 Å². The maximum absolute atomic E-state index is 11.0. The Morgan fingerprint density at radius 2 is 2.18 bits per heavy atom. The van der Waals surface area contributed by atoms with Gasteiger partial charge in [0.1, 0.15) is 5.69 Å². The zero-order valence-electron chi connectivity index (χ0n) is 11.7. The Morgan fingerprint density at radius 3 is 2.77 bits per heavy atom. The SMILES string of the molecule is Cl.Cn1ccnc1-c1nn(CCO)c2ccc([N+](=O)[O-])cc12. The van der Waals surface area contributed by atoms with Crippen molar-refractivity contribution in [2.75, 3.05) is 6.61 Å². The van der Waals surface area contributed by atoms with Crippen LogP contribution in [0.3, 0.4) is 0 Å². The van der Waals surface area contributed by atoms with E-state index < -0.39 is 4.92 Å². The van der Waals surface area contributed by atoms with Crippen molar-refractivity contribution in [2.24, 2.45) is 7.05 Å².